The maximum atomic E-state index is 9.58. The topological polar surface area (TPSA) is 38.7 Å². The van der Waals surface area contributed by atoms with Crippen LogP contribution in [0, 0.1) is 0 Å². The van der Waals surface area contributed by atoms with E-state index in [4.69, 9.17) is 8.85 Å². The molecule has 0 aliphatic rings. The normalized spacial score (nSPS) is 15.0. The van der Waals surface area contributed by atoms with E-state index in [9.17, 15) is 5.11 Å². The van der Waals surface area contributed by atoms with Gasteiger partial charge in [0, 0.05) is 14.2 Å². The van der Waals surface area contributed by atoms with Gasteiger partial charge in [0.05, 0.1) is 5.73 Å². The van der Waals surface area contributed by atoms with Crippen LogP contribution in [0.2, 0.25) is 6.55 Å². The largest absolute Gasteiger partial charge is 0.396 e. The molecule has 0 spiro atoms. The third-order valence-corrected chi connectivity index (χ3v) is 5.10. The van der Waals surface area contributed by atoms with Crippen molar-refractivity contribution in [3.05, 3.63) is 0 Å². The highest BCUT2D eigenvalue weighted by atomic mass is 28.4. The predicted molar refractivity (Wildman–Crippen MR) is 46.6 cm³/mol. The van der Waals surface area contributed by atoms with Gasteiger partial charge in [-0.3, -0.25) is 0 Å². The number of aliphatic hydroxyl groups is 1. The van der Waals surface area contributed by atoms with Crippen molar-refractivity contribution in [2.24, 2.45) is 0 Å². The molecule has 0 amide bonds. The second-order valence-corrected chi connectivity index (χ2v) is 6.24. The molecule has 0 heterocycles. The summed E-state index contributed by atoms with van der Waals surface area (Å²) in [5.41, 5.74) is -0.414. The maximum Gasteiger partial charge on any atom is 0.364 e. The fraction of sp³-hybridized carbons (Fsp3) is 1.00. The van der Waals surface area contributed by atoms with E-state index in [0.29, 0.717) is 0 Å². The smallest absolute Gasteiger partial charge is 0.364 e. The number of hydrogen-bond donors (Lipinski definition) is 1. The molecule has 0 rings (SSSR count). The maximum absolute atomic E-state index is 9.58. The Balaban J connectivity index is 4.00. The molecule has 0 aromatic carbocycles. The van der Waals surface area contributed by atoms with Gasteiger partial charge in [0.2, 0.25) is 0 Å². The van der Waals surface area contributed by atoms with Crippen molar-refractivity contribution in [1.29, 1.82) is 0 Å². The Labute approximate surface area is 69.6 Å². The number of hydrogen-bond acceptors (Lipinski definition) is 3. The predicted octanol–water partition coefficient (Wildman–Crippen LogP) is 1.05. The highest BCUT2D eigenvalue weighted by Gasteiger charge is 2.37. The van der Waals surface area contributed by atoms with E-state index in [1.165, 1.54) is 0 Å². The second-order valence-electron chi connectivity index (χ2n) is 2.73. The third-order valence-electron chi connectivity index (χ3n) is 1.98. The van der Waals surface area contributed by atoms with Gasteiger partial charge < -0.3 is 14.0 Å². The molecular weight excluding hydrogens is 160 g/mol. The minimum Gasteiger partial charge on any atom is -0.396 e. The molecule has 0 aliphatic heterocycles. The van der Waals surface area contributed by atoms with Gasteiger partial charge >= 0.3 is 8.56 Å². The molecule has 0 saturated carbocycles. The molecule has 0 bridgehead atoms. The Morgan fingerprint density at radius 1 is 1.36 bits per heavy atom. The van der Waals surface area contributed by atoms with Gasteiger partial charge in [-0.05, 0) is 13.0 Å². The lowest BCUT2D eigenvalue weighted by Gasteiger charge is -2.27. The Morgan fingerprint density at radius 3 is 2.09 bits per heavy atom. The van der Waals surface area contributed by atoms with Gasteiger partial charge in [-0.2, -0.15) is 0 Å². The summed E-state index contributed by atoms with van der Waals surface area (Å²) in [6.45, 7) is 3.90. The molecule has 0 radical (unpaired) electrons. The van der Waals surface area contributed by atoms with E-state index in [0.717, 1.165) is 12.8 Å². The van der Waals surface area contributed by atoms with Crippen LogP contribution < -0.4 is 0 Å². The van der Waals surface area contributed by atoms with E-state index < -0.39 is 14.3 Å². The Hall–Kier alpha value is 0.0969. The first-order valence-electron chi connectivity index (χ1n) is 3.89. The average molecular weight is 178 g/mol. The molecule has 3 nitrogen and oxygen atoms in total. The van der Waals surface area contributed by atoms with E-state index >= 15 is 0 Å². The zero-order valence-electron chi connectivity index (χ0n) is 7.76. The van der Waals surface area contributed by atoms with Gasteiger partial charge in [0.1, 0.15) is 0 Å². The zero-order valence-corrected chi connectivity index (χ0v) is 8.76. The summed E-state index contributed by atoms with van der Waals surface area (Å²) >= 11 is 0. The minimum absolute atomic E-state index is 0.414. The first-order valence-corrected chi connectivity index (χ1v) is 6.28. The monoisotopic (exact) mass is 178 g/mol. The van der Waals surface area contributed by atoms with Gasteiger partial charge in [-0.1, -0.05) is 13.3 Å². The van der Waals surface area contributed by atoms with Gasteiger partial charge in [-0.15, -0.1) is 0 Å². The number of aliphatic hydroxyl groups excluding tert-OH is 1. The van der Waals surface area contributed by atoms with Crippen molar-refractivity contribution >= 4 is 8.56 Å². The molecule has 11 heavy (non-hydrogen) atoms. The average Bonchev–Trinajstić information content (AvgIpc) is 2.03. The highest BCUT2D eigenvalue weighted by molar-refractivity contribution is 6.67. The second kappa shape index (κ2) is 4.87. The first kappa shape index (κ1) is 11.1. The standard InChI is InChI=1S/C7H18O3Si/c1-5-6-7(8)11(4,9-2)10-3/h7-8H,5-6H2,1-4H3. The molecule has 0 saturated heterocycles. The van der Waals surface area contributed by atoms with Crippen LogP contribution in [0.1, 0.15) is 19.8 Å². The van der Waals surface area contributed by atoms with Crippen LogP contribution in [-0.4, -0.2) is 33.6 Å². The van der Waals surface area contributed by atoms with Crippen LogP contribution in [0.15, 0.2) is 0 Å². The lowest BCUT2D eigenvalue weighted by atomic mass is 10.4. The number of rotatable bonds is 5. The van der Waals surface area contributed by atoms with Crippen molar-refractivity contribution in [2.45, 2.75) is 32.0 Å². The van der Waals surface area contributed by atoms with Crippen LogP contribution >= 0.6 is 0 Å². The lowest BCUT2D eigenvalue weighted by Crippen LogP contribution is -2.49. The molecule has 1 N–H and O–H groups in total. The zero-order chi connectivity index (χ0) is 8.91. The third kappa shape index (κ3) is 2.90. The minimum atomic E-state index is -2.27. The summed E-state index contributed by atoms with van der Waals surface area (Å²) in [6, 6.07) is 0. The van der Waals surface area contributed by atoms with Crippen LogP contribution in [0.5, 0.6) is 0 Å². The van der Waals surface area contributed by atoms with Crippen molar-refractivity contribution in [1.82, 2.24) is 0 Å². The summed E-state index contributed by atoms with van der Waals surface area (Å²) < 4.78 is 10.3. The van der Waals surface area contributed by atoms with E-state index in [2.05, 4.69) is 0 Å². The van der Waals surface area contributed by atoms with Crippen LogP contribution in [0.25, 0.3) is 0 Å². The van der Waals surface area contributed by atoms with Crippen molar-refractivity contribution in [2.75, 3.05) is 14.2 Å². The SMILES string of the molecule is CCCC(O)[Si](C)(OC)OC. The fourth-order valence-electron chi connectivity index (χ4n) is 0.891. The van der Waals surface area contributed by atoms with E-state index in [-0.39, 0.29) is 0 Å². The molecule has 0 aliphatic carbocycles. The van der Waals surface area contributed by atoms with Crippen molar-refractivity contribution in [3.63, 3.8) is 0 Å². The molecule has 0 aromatic rings. The molecule has 4 heteroatoms. The molecule has 1 atom stereocenters. The van der Waals surface area contributed by atoms with Crippen LogP contribution in [0.4, 0.5) is 0 Å². The summed E-state index contributed by atoms with van der Waals surface area (Å²) in [5, 5.41) is 9.58. The Morgan fingerprint density at radius 2 is 1.82 bits per heavy atom. The van der Waals surface area contributed by atoms with Crippen molar-refractivity contribution in [3.8, 4) is 0 Å². The Kier molecular flexibility index (Phi) is 4.91. The summed E-state index contributed by atoms with van der Waals surface area (Å²) in [6.07, 6.45) is 1.71. The highest BCUT2D eigenvalue weighted by Crippen LogP contribution is 2.14. The van der Waals surface area contributed by atoms with Crippen LogP contribution in [0.3, 0.4) is 0 Å². The molecular formula is C7H18O3Si. The molecule has 0 aromatic heterocycles. The molecule has 1 unspecified atom stereocenters. The quantitative estimate of drug-likeness (QED) is 0.640. The first-order chi connectivity index (χ1) is 5.10. The molecule has 68 valence electrons. The van der Waals surface area contributed by atoms with Crippen LogP contribution in [-0.2, 0) is 8.85 Å². The summed E-state index contributed by atoms with van der Waals surface area (Å²) in [4.78, 5) is 0. The fourth-order valence-corrected chi connectivity index (χ4v) is 2.41. The van der Waals surface area contributed by atoms with Crippen molar-refractivity contribution < 1.29 is 14.0 Å². The summed E-state index contributed by atoms with van der Waals surface area (Å²) in [5.74, 6) is 0. The van der Waals surface area contributed by atoms with Gasteiger partial charge in [0.25, 0.3) is 0 Å². The van der Waals surface area contributed by atoms with E-state index in [1.54, 1.807) is 14.2 Å². The Bertz CT molecular complexity index is 104. The van der Waals surface area contributed by atoms with E-state index in [1.807, 2.05) is 13.5 Å². The van der Waals surface area contributed by atoms with Gasteiger partial charge in [-0.25, -0.2) is 0 Å². The lowest BCUT2D eigenvalue weighted by molar-refractivity contribution is 0.139. The molecule has 0 fully saturated rings. The van der Waals surface area contributed by atoms with Gasteiger partial charge in [0.15, 0.2) is 0 Å². The summed E-state index contributed by atoms with van der Waals surface area (Å²) in [7, 11) is 0.918.